The van der Waals surface area contributed by atoms with Crippen LogP contribution >= 0.6 is 27.3 Å². The lowest BCUT2D eigenvalue weighted by atomic mass is 10.3. The third kappa shape index (κ3) is 3.37. The van der Waals surface area contributed by atoms with Gasteiger partial charge in [0, 0.05) is 29.9 Å². The lowest BCUT2D eigenvalue weighted by Crippen LogP contribution is -2.16. The maximum Gasteiger partial charge on any atom is 0.0917 e. The van der Waals surface area contributed by atoms with E-state index in [9.17, 15) is 0 Å². The van der Waals surface area contributed by atoms with Gasteiger partial charge in [-0.25, -0.2) is 0 Å². The molecule has 13 heavy (non-hydrogen) atoms. The maximum atomic E-state index is 8.38. The van der Waals surface area contributed by atoms with Gasteiger partial charge in [-0.2, -0.15) is 5.26 Å². The standard InChI is InChI=1S/C9H11BrN2S/c1-12(5-3-2-4-11)9-6-8(10)7-13-9/h6-7H,2-3,5H2,1H3. The van der Waals surface area contributed by atoms with E-state index in [0.29, 0.717) is 6.42 Å². The number of halogens is 1. The molecule has 70 valence electrons. The summed E-state index contributed by atoms with van der Waals surface area (Å²) >= 11 is 5.13. The average Bonchev–Trinajstić information content (AvgIpc) is 2.52. The molecule has 0 amide bonds. The Labute approximate surface area is 90.9 Å². The van der Waals surface area contributed by atoms with Gasteiger partial charge in [-0.05, 0) is 28.4 Å². The molecule has 0 radical (unpaired) electrons. The summed E-state index contributed by atoms with van der Waals surface area (Å²) < 4.78 is 1.12. The first-order valence-electron chi connectivity index (χ1n) is 4.06. The van der Waals surface area contributed by atoms with Crippen LogP contribution in [-0.4, -0.2) is 13.6 Å². The molecule has 1 aromatic heterocycles. The maximum absolute atomic E-state index is 8.38. The minimum absolute atomic E-state index is 0.636. The van der Waals surface area contributed by atoms with E-state index in [2.05, 4.69) is 45.4 Å². The minimum atomic E-state index is 0.636. The molecule has 0 saturated carbocycles. The highest BCUT2D eigenvalue weighted by Crippen LogP contribution is 2.27. The summed E-state index contributed by atoms with van der Waals surface area (Å²) in [7, 11) is 2.05. The van der Waals surface area contributed by atoms with Gasteiger partial charge in [0.2, 0.25) is 0 Å². The molecule has 1 heterocycles. The van der Waals surface area contributed by atoms with Gasteiger partial charge >= 0.3 is 0 Å². The average molecular weight is 259 g/mol. The Balaban J connectivity index is 2.40. The molecule has 2 nitrogen and oxygen atoms in total. The molecule has 0 spiro atoms. The minimum Gasteiger partial charge on any atom is -0.366 e. The summed E-state index contributed by atoms with van der Waals surface area (Å²) in [5, 5.41) is 11.7. The van der Waals surface area contributed by atoms with Gasteiger partial charge in [-0.1, -0.05) is 0 Å². The van der Waals surface area contributed by atoms with Crippen molar-refractivity contribution in [2.24, 2.45) is 0 Å². The zero-order valence-corrected chi connectivity index (χ0v) is 9.86. The lowest BCUT2D eigenvalue weighted by Gasteiger charge is -2.15. The van der Waals surface area contributed by atoms with E-state index in [1.165, 1.54) is 5.00 Å². The van der Waals surface area contributed by atoms with Crippen molar-refractivity contribution in [2.75, 3.05) is 18.5 Å². The summed E-state index contributed by atoms with van der Waals surface area (Å²) in [4.78, 5) is 2.17. The number of hydrogen-bond donors (Lipinski definition) is 0. The van der Waals surface area contributed by atoms with E-state index < -0.39 is 0 Å². The van der Waals surface area contributed by atoms with Gasteiger partial charge in [0.1, 0.15) is 0 Å². The van der Waals surface area contributed by atoms with Gasteiger partial charge in [-0.3, -0.25) is 0 Å². The molecule has 1 aromatic rings. The zero-order valence-electron chi connectivity index (χ0n) is 7.46. The van der Waals surface area contributed by atoms with Crippen molar-refractivity contribution < 1.29 is 0 Å². The van der Waals surface area contributed by atoms with Gasteiger partial charge < -0.3 is 4.90 Å². The molecular formula is C9H11BrN2S. The van der Waals surface area contributed by atoms with Gasteiger partial charge in [0.05, 0.1) is 11.1 Å². The molecule has 0 fully saturated rings. The number of hydrogen-bond acceptors (Lipinski definition) is 3. The van der Waals surface area contributed by atoms with Crippen molar-refractivity contribution >= 4 is 32.3 Å². The highest BCUT2D eigenvalue weighted by Gasteiger charge is 2.02. The van der Waals surface area contributed by atoms with E-state index in [1.807, 2.05) is 0 Å². The summed E-state index contributed by atoms with van der Waals surface area (Å²) in [5.41, 5.74) is 0. The number of unbranched alkanes of at least 4 members (excludes halogenated alkanes) is 1. The molecule has 4 heteroatoms. The van der Waals surface area contributed by atoms with Gasteiger partial charge in [-0.15, -0.1) is 11.3 Å². The third-order valence-electron chi connectivity index (χ3n) is 1.71. The highest BCUT2D eigenvalue weighted by molar-refractivity contribution is 9.10. The molecule has 0 aliphatic carbocycles. The summed E-state index contributed by atoms with van der Waals surface area (Å²) in [6, 6.07) is 4.24. The van der Waals surface area contributed by atoms with Crippen LogP contribution in [-0.2, 0) is 0 Å². The second kappa shape index (κ2) is 5.25. The molecule has 0 bridgehead atoms. The van der Waals surface area contributed by atoms with Crippen LogP contribution in [0.2, 0.25) is 0 Å². The van der Waals surface area contributed by atoms with Crippen LogP contribution in [0.5, 0.6) is 0 Å². The van der Waals surface area contributed by atoms with Crippen molar-refractivity contribution in [1.29, 1.82) is 5.26 Å². The van der Waals surface area contributed by atoms with Crippen LogP contribution in [0.25, 0.3) is 0 Å². The molecule has 0 atom stereocenters. The van der Waals surface area contributed by atoms with Crippen molar-refractivity contribution in [2.45, 2.75) is 12.8 Å². The SMILES string of the molecule is CN(CCCC#N)c1cc(Br)cs1. The third-order valence-corrected chi connectivity index (χ3v) is 3.52. The van der Waals surface area contributed by atoms with Gasteiger partial charge in [0.25, 0.3) is 0 Å². The van der Waals surface area contributed by atoms with Crippen molar-refractivity contribution in [1.82, 2.24) is 0 Å². The molecule has 0 saturated heterocycles. The number of anilines is 1. The number of thiophene rings is 1. The van der Waals surface area contributed by atoms with Crippen LogP contribution in [0.1, 0.15) is 12.8 Å². The first kappa shape index (κ1) is 10.6. The van der Waals surface area contributed by atoms with Crippen LogP contribution in [0.15, 0.2) is 15.9 Å². The molecular weight excluding hydrogens is 248 g/mol. The van der Waals surface area contributed by atoms with Crippen LogP contribution in [0, 0.1) is 11.3 Å². The quantitative estimate of drug-likeness (QED) is 0.776. The normalized spacial score (nSPS) is 9.62. The highest BCUT2D eigenvalue weighted by atomic mass is 79.9. The largest absolute Gasteiger partial charge is 0.366 e. The van der Waals surface area contributed by atoms with E-state index in [4.69, 9.17) is 5.26 Å². The number of nitriles is 1. The topological polar surface area (TPSA) is 27.0 Å². The Morgan fingerprint density at radius 1 is 1.69 bits per heavy atom. The Morgan fingerprint density at radius 3 is 3.00 bits per heavy atom. The second-order valence-corrected chi connectivity index (χ2v) is 4.59. The molecule has 1 rings (SSSR count). The summed E-state index contributed by atoms with van der Waals surface area (Å²) in [6.07, 6.45) is 1.57. The summed E-state index contributed by atoms with van der Waals surface area (Å²) in [5.74, 6) is 0. The fourth-order valence-corrected chi connectivity index (χ4v) is 2.42. The molecule has 0 aromatic carbocycles. The van der Waals surface area contributed by atoms with E-state index in [1.54, 1.807) is 11.3 Å². The van der Waals surface area contributed by atoms with Crippen molar-refractivity contribution in [3.05, 3.63) is 15.9 Å². The van der Waals surface area contributed by atoms with Crippen LogP contribution in [0.3, 0.4) is 0 Å². The fraction of sp³-hybridized carbons (Fsp3) is 0.444. The van der Waals surface area contributed by atoms with Crippen LogP contribution in [0.4, 0.5) is 5.00 Å². The lowest BCUT2D eigenvalue weighted by molar-refractivity contribution is 0.811. The Bertz CT molecular complexity index is 303. The van der Waals surface area contributed by atoms with Crippen molar-refractivity contribution in [3.8, 4) is 6.07 Å². The first-order chi connectivity index (χ1) is 6.24. The number of rotatable bonds is 4. The van der Waals surface area contributed by atoms with Crippen LogP contribution < -0.4 is 4.90 Å². The summed E-state index contributed by atoms with van der Waals surface area (Å²) in [6.45, 7) is 0.945. The van der Waals surface area contributed by atoms with Gasteiger partial charge in [0.15, 0.2) is 0 Å². The first-order valence-corrected chi connectivity index (χ1v) is 5.73. The fourth-order valence-electron chi connectivity index (χ4n) is 1.01. The second-order valence-electron chi connectivity index (χ2n) is 2.79. The Kier molecular flexibility index (Phi) is 4.26. The van der Waals surface area contributed by atoms with Crippen molar-refractivity contribution in [3.63, 3.8) is 0 Å². The molecule has 0 aliphatic rings. The number of nitrogens with zero attached hydrogens (tertiary/aromatic N) is 2. The monoisotopic (exact) mass is 258 g/mol. The Hall–Kier alpha value is -0.530. The molecule has 0 N–H and O–H groups in total. The molecule has 0 unspecified atom stereocenters. The smallest absolute Gasteiger partial charge is 0.0917 e. The predicted octanol–water partition coefficient (Wildman–Crippen LogP) is 3.25. The van der Waals surface area contributed by atoms with E-state index >= 15 is 0 Å². The zero-order chi connectivity index (χ0) is 9.68. The van der Waals surface area contributed by atoms with E-state index in [0.717, 1.165) is 17.4 Å². The van der Waals surface area contributed by atoms with E-state index in [-0.39, 0.29) is 0 Å². The molecule has 0 aliphatic heterocycles. The Morgan fingerprint density at radius 2 is 2.46 bits per heavy atom. The predicted molar refractivity (Wildman–Crippen MR) is 60.1 cm³/mol.